The molecule has 1 amide bonds. The van der Waals surface area contributed by atoms with Crippen molar-refractivity contribution in [2.24, 2.45) is 5.73 Å². The molecule has 0 aromatic heterocycles. The minimum absolute atomic E-state index is 0.0537. The highest BCUT2D eigenvalue weighted by atomic mass is 19.1. The van der Waals surface area contributed by atoms with Crippen molar-refractivity contribution >= 4 is 5.91 Å². The normalized spacial score (nSPS) is 10.7. The lowest BCUT2D eigenvalue weighted by Crippen LogP contribution is -2.39. The maximum atomic E-state index is 13.5. The molecule has 5 heteroatoms. The molecule has 0 saturated carbocycles. The zero-order valence-electron chi connectivity index (χ0n) is 10.9. The molecule has 1 rings (SSSR count). The summed E-state index contributed by atoms with van der Waals surface area (Å²) in [5.74, 6) is -0.461. The molecular formula is C13H20FN3O. The Labute approximate surface area is 107 Å². The van der Waals surface area contributed by atoms with Crippen LogP contribution in [0.4, 0.5) is 4.39 Å². The maximum Gasteiger partial charge on any atom is 0.236 e. The highest BCUT2D eigenvalue weighted by Crippen LogP contribution is 2.09. The number of nitrogens with two attached hydrogens (primary N) is 1. The Hall–Kier alpha value is -1.46. The first-order valence-corrected chi connectivity index (χ1v) is 5.90. The fourth-order valence-corrected chi connectivity index (χ4v) is 1.57. The van der Waals surface area contributed by atoms with Gasteiger partial charge >= 0.3 is 0 Å². The molecule has 4 nitrogen and oxygen atoms in total. The second kappa shape index (κ2) is 7.08. The quantitative estimate of drug-likeness (QED) is 0.811. The van der Waals surface area contributed by atoms with Gasteiger partial charge in [0.05, 0.1) is 6.54 Å². The molecule has 2 N–H and O–H groups in total. The summed E-state index contributed by atoms with van der Waals surface area (Å²) >= 11 is 0. The zero-order chi connectivity index (χ0) is 13.5. The standard InChI is InChI=1S/C13H20FN3O/c1-16(2)7-8-17(13(18)9-15)10-11-5-3-4-6-12(11)14/h3-6H,7-10,15H2,1-2H3. The molecule has 1 aromatic rings. The monoisotopic (exact) mass is 253 g/mol. The lowest BCUT2D eigenvalue weighted by molar-refractivity contribution is -0.130. The largest absolute Gasteiger partial charge is 0.336 e. The minimum atomic E-state index is -0.294. The summed E-state index contributed by atoms with van der Waals surface area (Å²) in [6, 6.07) is 6.47. The van der Waals surface area contributed by atoms with Gasteiger partial charge in [-0.25, -0.2) is 4.39 Å². The van der Waals surface area contributed by atoms with E-state index in [1.165, 1.54) is 6.07 Å². The predicted octanol–water partition coefficient (Wildman–Crippen LogP) is 0.675. The minimum Gasteiger partial charge on any atom is -0.336 e. The van der Waals surface area contributed by atoms with Gasteiger partial charge in [-0.05, 0) is 20.2 Å². The number of hydrogen-bond acceptors (Lipinski definition) is 3. The van der Waals surface area contributed by atoms with Gasteiger partial charge < -0.3 is 15.5 Å². The molecule has 0 radical (unpaired) electrons. The van der Waals surface area contributed by atoms with Gasteiger partial charge in [0.2, 0.25) is 5.91 Å². The van der Waals surface area contributed by atoms with Gasteiger partial charge in [-0.15, -0.1) is 0 Å². The third kappa shape index (κ3) is 4.43. The van der Waals surface area contributed by atoms with E-state index < -0.39 is 0 Å². The average Bonchev–Trinajstić information content (AvgIpc) is 2.35. The number of amides is 1. The topological polar surface area (TPSA) is 49.6 Å². The van der Waals surface area contributed by atoms with E-state index in [0.29, 0.717) is 12.1 Å². The van der Waals surface area contributed by atoms with E-state index >= 15 is 0 Å². The van der Waals surface area contributed by atoms with Crippen LogP contribution in [0.1, 0.15) is 5.56 Å². The molecule has 0 saturated heterocycles. The molecule has 1 aromatic carbocycles. The van der Waals surface area contributed by atoms with E-state index in [-0.39, 0.29) is 24.8 Å². The summed E-state index contributed by atoms with van der Waals surface area (Å²) < 4.78 is 13.5. The van der Waals surface area contributed by atoms with Crippen molar-refractivity contribution in [3.8, 4) is 0 Å². The van der Waals surface area contributed by atoms with Crippen molar-refractivity contribution in [1.82, 2.24) is 9.80 Å². The van der Waals surface area contributed by atoms with Gasteiger partial charge in [0, 0.05) is 25.2 Å². The number of carbonyl (C=O) groups excluding carboxylic acids is 1. The molecule has 0 aliphatic carbocycles. The van der Waals surface area contributed by atoms with Crippen molar-refractivity contribution in [3.63, 3.8) is 0 Å². The SMILES string of the molecule is CN(C)CCN(Cc1ccccc1F)C(=O)CN. The van der Waals surface area contributed by atoms with Crippen LogP contribution >= 0.6 is 0 Å². The van der Waals surface area contributed by atoms with E-state index in [9.17, 15) is 9.18 Å². The van der Waals surface area contributed by atoms with Gasteiger partial charge in [0.15, 0.2) is 0 Å². The molecule has 0 aliphatic rings. The van der Waals surface area contributed by atoms with Crippen LogP contribution < -0.4 is 5.73 Å². The second-order valence-electron chi connectivity index (χ2n) is 4.41. The number of rotatable bonds is 6. The van der Waals surface area contributed by atoms with Crippen LogP contribution in [0, 0.1) is 5.82 Å². The molecule has 0 aliphatic heterocycles. The molecule has 18 heavy (non-hydrogen) atoms. The molecule has 0 bridgehead atoms. The molecule has 0 unspecified atom stereocenters. The van der Waals surface area contributed by atoms with Gasteiger partial charge in [0.25, 0.3) is 0 Å². The van der Waals surface area contributed by atoms with E-state index in [2.05, 4.69) is 0 Å². The van der Waals surface area contributed by atoms with Crippen LogP contribution in [0.2, 0.25) is 0 Å². The maximum absolute atomic E-state index is 13.5. The molecule has 0 fully saturated rings. The predicted molar refractivity (Wildman–Crippen MR) is 69.4 cm³/mol. The second-order valence-corrected chi connectivity index (χ2v) is 4.41. The van der Waals surface area contributed by atoms with Gasteiger partial charge in [-0.3, -0.25) is 4.79 Å². The Kier molecular flexibility index (Phi) is 5.74. The number of likely N-dealkylation sites (N-methyl/N-ethyl adjacent to an activating group) is 1. The van der Waals surface area contributed by atoms with Crippen molar-refractivity contribution in [1.29, 1.82) is 0 Å². The first kappa shape index (κ1) is 14.6. The molecule has 0 atom stereocenters. The lowest BCUT2D eigenvalue weighted by Gasteiger charge is -2.24. The van der Waals surface area contributed by atoms with Crippen LogP contribution in [0.25, 0.3) is 0 Å². The van der Waals surface area contributed by atoms with Crippen LogP contribution in [-0.2, 0) is 11.3 Å². The Balaban J connectivity index is 2.72. The Morgan fingerprint density at radius 1 is 1.28 bits per heavy atom. The molecule has 100 valence electrons. The summed E-state index contributed by atoms with van der Waals surface area (Å²) in [6.45, 7) is 1.47. The molecular weight excluding hydrogens is 233 g/mol. The third-order valence-electron chi connectivity index (χ3n) is 2.66. The van der Waals surface area contributed by atoms with Crippen molar-refractivity contribution in [2.75, 3.05) is 33.7 Å². The van der Waals surface area contributed by atoms with E-state index in [1.807, 2.05) is 19.0 Å². The lowest BCUT2D eigenvalue weighted by atomic mass is 10.2. The van der Waals surface area contributed by atoms with E-state index in [4.69, 9.17) is 5.73 Å². The van der Waals surface area contributed by atoms with Crippen molar-refractivity contribution in [3.05, 3.63) is 35.6 Å². The van der Waals surface area contributed by atoms with Gasteiger partial charge in [-0.1, -0.05) is 18.2 Å². The van der Waals surface area contributed by atoms with Crippen molar-refractivity contribution < 1.29 is 9.18 Å². The summed E-state index contributed by atoms with van der Waals surface area (Å²) in [5, 5.41) is 0. The Bertz CT molecular complexity index is 396. The Morgan fingerprint density at radius 3 is 2.50 bits per heavy atom. The summed E-state index contributed by atoms with van der Waals surface area (Å²) in [5.41, 5.74) is 5.88. The Morgan fingerprint density at radius 2 is 1.94 bits per heavy atom. The third-order valence-corrected chi connectivity index (χ3v) is 2.66. The van der Waals surface area contributed by atoms with Crippen LogP contribution in [-0.4, -0.2) is 49.4 Å². The average molecular weight is 253 g/mol. The van der Waals surface area contributed by atoms with E-state index in [0.717, 1.165) is 6.54 Å². The summed E-state index contributed by atoms with van der Waals surface area (Å²) in [6.07, 6.45) is 0. The highest BCUT2D eigenvalue weighted by molar-refractivity contribution is 5.78. The number of nitrogens with zero attached hydrogens (tertiary/aromatic N) is 2. The van der Waals surface area contributed by atoms with Crippen LogP contribution in [0.3, 0.4) is 0 Å². The highest BCUT2D eigenvalue weighted by Gasteiger charge is 2.14. The van der Waals surface area contributed by atoms with Gasteiger partial charge in [-0.2, -0.15) is 0 Å². The first-order chi connectivity index (χ1) is 8.54. The van der Waals surface area contributed by atoms with Crippen LogP contribution in [0.15, 0.2) is 24.3 Å². The number of carbonyl (C=O) groups is 1. The fraction of sp³-hybridized carbons (Fsp3) is 0.462. The zero-order valence-corrected chi connectivity index (χ0v) is 10.9. The summed E-state index contributed by atoms with van der Waals surface area (Å²) in [4.78, 5) is 15.3. The van der Waals surface area contributed by atoms with E-state index in [1.54, 1.807) is 23.1 Å². The fourth-order valence-electron chi connectivity index (χ4n) is 1.57. The smallest absolute Gasteiger partial charge is 0.236 e. The van der Waals surface area contributed by atoms with Crippen molar-refractivity contribution in [2.45, 2.75) is 6.54 Å². The number of benzene rings is 1. The summed E-state index contributed by atoms with van der Waals surface area (Å²) in [7, 11) is 3.85. The van der Waals surface area contributed by atoms with Crippen LogP contribution in [0.5, 0.6) is 0 Å². The van der Waals surface area contributed by atoms with Gasteiger partial charge in [0.1, 0.15) is 5.82 Å². The number of hydrogen-bond donors (Lipinski definition) is 1. The molecule has 0 spiro atoms. The first-order valence-electron chi connectivity index (χ1n) is 5.90. The number of halogens is 1. The molecule has 0 heterocycles.